The number of methoxy groups -OCH3 is 1. The summed E-state index contributed by atoms with van der Waals surface area (Å²) >= 11 is 0. The van der Waals surface area contributed by atoms with Gasteiger partial charge < -0.3 is 15.4 Å². The van der Waals surface area contributed by atoms with Gasteiger partial charge in [0.05, 0.1) is 7.11 Å². The Morgan fingerprint density at radius 2 is 2.00 bits per heavy atom. The summed E-state index contributed by atoms with van der Waals surface area (Å²) in [7, 11) is -2.24. The highest BCUT2D eigenvalue weighted by molar-refractivity contribution is 7.89. The molecule has 2 aliphatic rings. The van der Waals surface area contributed by atoms with Crippen molar-refractivity contribution in [3.8, 4) is 5.75 Å². The van der Waals surface area contributed by atoms with E-state index in [9.17, 15) is 13.2 Å². The average molecular weight is 390 g/mol. The molecule has 1 amide bonds. The number of anilines is 1. The van der Waals surface area contributed by atoms with Crippen molar-refractivity contribution in [2.24, 2.45) is 11.8 Å². The van der Waals surface area contributed by atoms with Gasteiger partial charge >= 0.3 is 0 Å². The van der Waals surface area contributed by atoms with Gasteiger partial charge in [0, 0.05) is 17.6 Å². The second-order valence-electron chi connectivity index (χ2n) is 6.46. The van der Waals surface area contributed by atoms with E-state index in [-0.39, 0.29) is 40.9 Å². The van der Waals surface area contributed by atoms with Crippen LogP contribution in [-0.4, -0.2) is 40.6 Å². The van der Waals surface area contributed by atoms with Crippen molar-refractivity contribution in [1.29, 1.82) is 0 Å². The number of benzene rings is 1. The SMILES string of the molecule is COc1ccc(NC(=O)C(C)C2CNC2)cc1S(=O)(=O)NC1CC1.Cl. The fourth-order valence-corrected chi connectivity index (χ4v) is 4.08. The van der Waals surface area contributed by atoms with Gasteiger partial charge in [-0.3, -0.25) is 4.79 Å². The fraction of sp³-hybridized carbons (Fsp3) is 0.562. The molecular formula is C16H24ClN3O4S. The minimum atomic E-state index is -3.66. The predicted octanol–water partition coefficient (Wildman–Crippen LogP) is 1.35. The first-order valence-corrected chi connectivity index (χ1v) is 9.61. The Labute approximate surface area is 154 Å². The molecular weight excluding hydrogens is 366 g/mol. The Morgan fingerprint density at radius 3 is 2.52 bits per heavy atom. The lowest BCUT2D eigenvalue weighted by atomic mass is 9.88. The van der Waals surface area contributed by atoms with Crippen molar-refractivity contribution in [3.05, 3.63) is 18.2 Å². The normalized spacial score (nSPS) is 18.6. The zero-order valence-electron chi connectivity index (χ0n) is 14.2. The third-order valence-electron chi connectivity index (χ3n) is 4.55. The van der Waals surface area contributed by atoms with Crippen molar-refractivity contribution in [2.75, 3.05) is 25.5 Å². The first-order valence-electron chi connectivity index (χ1n) is 8.12. The van der Waals surface area contributed by atoms with Crippen LogP contribution in [0.1, 0.15) is 19.8 Å². The summed E-state index contributed by atoms with van der Waals surface area (Å²) in [4.78, 5) is 12.4. The molecule has 0 bridgehead atoms. The average Bonchev–Trinajstić information content (AvgIpc) is 3.28. The number of carbonyl (C=O) groups is 1. The van der Waals surface area contributed by atoms with Gasteiger partial charge in [0.15, 0.2) is 0 Å². The summed E-state index contributed by atoms with van der Waals surface area (Å²) in [5, 5.41) is 5.95. The molecule has 0 spiro atoms. The molecule has 1 heterocycles. The van der Waals surface area contributed by atoms with Gasteiger partial charge in [-0.25, -0.2) is 13.1 Å². The maximum absolute atomic E-state index is 12.5. The van der Waals surface area contributed by atoms with Crippen molar-refractivity contribution < 1.29 is 17.9 Å². The van der Waals surface area contributed by atoms with Gasteiger partial charge in [0.2, 0.25) is 15.9 Å². The number of halogens is 1. The first kappa shape index (κ1) is 20.0. The van der Waals surface area contributed by atoms with Crippen LogP contribution >= 0.6 is 12.4 Å². The van der Waals surface area contributed by atoms with Crippen LogP contribution in [0, 0.1) is 11.8 Å². The predicted molar refractivity (Wildman–Crippen MR) is 97.7 cm³/mol. The Bertz CT molecular complexity index is 733. The van der Waals surface area contributed by atoms with Crippen molar-refractivity contribution >= 4 is 34.0 Å². The van der Waals surface area contributed by atoms with Gasteiger partial charge in [-0.15, -0.1) is 12.4 Å². The minimum absolute atomic E-state index is 0. The van der Waals surface area contributed by atoms with Crippen molar-refractivity contribution in [3.63, 3.8) is 0 Å². The first-order chi connectivity index (χ1) is 11.4. The molecule has 0 radical (unpaired) electrons. The second kappa shape index (κ2) is 7.90. The van der Waals surface area contributed by atoms with Crippen LogP contribution in [0.15, 0.2) is 23.1 Å². The van der Waals surface area contributed by atoms with Crippen LogP contribution in [0.2, 0.25) is 0 Å². The second-order valence-corrected chi connectivity index (χ2v) is 8.14. The molecule has 140 valence electrons. The number of hydrogen-bond acceptors (Lipinski definition) is 5. The Balaban J connectivity index is 0.00000225. The Morgan fingerprint density at radius 1 is 1.32 bits per heavy atom. The van der Waals surface area contributed by atoms with E-state index in [0.29, 0.717) is 11.6 Å². The van der Waals surface area contributed by atoms with Crippen LogP contribution in [0.4, 0.5) is 5.69 Å². The van der Waals surface area contributed by atoms with Gasteiger partial charge in [0.1, 0.15) is 10.6 Å². The molecule has 9 heteroatoms. The summed E-state index contributed by atoms with van der Waals surface area (Å²) in [6.45, 7) is 3.56. The van der Waals surface area contributed by atoms with E-state index in [1.807, 2.05) is 6.92 Å². The molecule has 1 atom stereocenters. The monoisotopic (exact) mass is 389 g/mol. The molecule has 1 aromatic carbocycles. The summed E-state index contributed by atoms with van der Waals surface area (Å²) < 4.78 is 32.8. The lowest BCUT2D eigenvalue weighted by Gasteiger charge is -2.31. The van der Waals surface area contributed by atoms with Crippen LogP contribution in [0.25, 0.3) is 0 Å². The molecule has 1 unspecified atom stereocenters. The quantitative estimate of drug-likeness (QED) is 0.654. The van der Waals surface area contributed by atoms with Crippen LogP contribution < -0.4 is 20.1 Å². The standard InChI is InChI=1S/C16H23N3O4S.ClH/c1-10(11-8-17-9-11)16(20)18-13-5-6-14(23-2)15(7-13)24(21,22)19-12-3-4-12;/h5-7,10-12,17,19H,3-4,8-9H2,1-2H3,(H,18,20);1H. The smallest absolute Gasteiger partial charge is 0.244 e. The van der Waals surface area contributed by atoms with E-state index in [1.54, 1.807) is 12.1 Å². The number of carbonyl (C=O) groups excluding carboxylic acids is 1. The third kappa shape index (κ3) is 4.63. The molecule has 3 N–H and O–H groups in total. The van der Waals surface area contributed by atoms with Crippen LogP contribution in [0.3, 0.4) is 0 Å². The van der Waals surface area contributed by atoms with Crippen molar-refractivity contribution in [2.45, 2.75) is 30.7 Å². The number of rotatable bonds is 7. The van der Waals surface area contributed by atoms with E-state index >= 15 is 0 Å². The molecule has 1 saturated heterocycles. The number of ether oxygens (including phenoxy) is 1. The lowest BCUT2D eigenvalue weighted by Crippen LogP contribution is -2.48. The van der Waals surface area contributed by atoms with Crippen molar-refractivity contribution in [1.82, 2.24) is 10.0 Å². The van der Waals surface area contributed by atoms with Gasteiger partial charge in [-0.05, 0) is 50.0 Å². The highest BCUT2D eigenvalue weighted by atomic mass is 35.5. The maximum Gasteiger partial charge on any atom is 0.244 e. The van der Waals surface area contributed by atoms with E-state index in [4.69, 9.17) is 4.74 Å². The van der Waals surface area contributed by atoms with E-state index in [2.05, 4.69) is 15.4 Å². The lowest BCUT2D eigenvalue weighted by molar-refractivity contribution is -0.121. The zero-order chi connectivity index (χ0) is 17.3. The van der Waals surface area contributed by atoms with Gasteiger partial charge in [-0.1, -0.05) is 6.92 Å². The van der Waals surface area contributed by atoms with Crippen LogP contribution in [-0.2, 0) is 14.8 Å². The summed E-state index contributed by atoms with van der Waals surface area (Å²) in [5.41, 5.74) is 0.455. The molecule has 2 fully saturated rings. The molecule has 25 heavy (non-hydrogen) atoms. The Kier molecular flexibility index (Phi) is 6.31. The molecule has 1 aliphatic heterocycles. The number of hydrogen-bond donors (Lipinski definition) is 3. The number of amides is 1. The van der Waals surface area contributed by atoms with Crippen LogP contribution in [0.5, 0.6) is 5.75 Å². The molecule has 1 aliphatic carbocycles. The maximum atomic E-state index is 12.5. The van der Waals surface area contributed by atoms with Gasteiger partial charge in [-0.2, -0.15) is 0 Å². The van der Waals surface area contributed by atoms with E-state index in [1.165, 1.54) is 13.2 Å². The number of sulfonamides is 1. The van der Waals surface area contributed by atoms with E-state index < -0.39 is 10.0 Å². The summed E-state index contributed by atoms with van der Waals surface area (Å²) in [6.07, 6.45) is 1.70. The summed E-state index contributed by atoms with van der Waals surface area (Å²) in [6, 6.07) is 4.67. The third-order valence-corrected chi connectivity index (χ3v) is 6.10. The fourth-order valence-electron chi connectivity index (χ4n) is 2.58. The highest BCUT2D eigenvalue weighted by Crippen LogP contribution is 2.30. The zero-order valence-corrected chi connectivity index (χ0v) is 15.9. The Hall–Kier alpha value is -1.35. The molecule has 1 saturated carbocycles. The highest BCUT2D eigenvalue weighted by Gasteiger charge is 2.31. The largest absolute Gasteiger partial charge is 0.495 e. The molecule has 1 aromatic rings. The molecule has 3 rings (SSSR count). The topological polar surface area (TPSA) is 96.5 Å². The minimum Gasteiger partial charge on any atom is -0.495 e. The summed E-state index contributed by atoms with van der Waals surface area (Å²) in [5.74, 6) is 0.350. The molecule has 7 nitrogen and oxygen atoms in total. The number of nitrogens with one attached hydrogen (secondary N) is 3. The van der Waals surface area contributed by atoms with Gasteiger partial charge in [0.25, 0.3) is 0 Å². The molecule has 0 aromatic heterocycles. The van der Waals surface area contributed by atoms with E-state index in [0.717, 1.165) is 25.9 Å².